The van der Waals surface area contributed by atoms with Crippen molar-refractivity contribution in [1.29, 1.82) is 0 Å². The number of carboxylic acids is 1. The van der Waals surface area contributed by atoms with Gasteiger partial charge in [0.1, 0.15) is 5.60 Å². The number of esters is 1. The first-order valence-electron chi connectivity index (χ1n) is 8.79. The lowest BCUT2D eigenvalue weighted by molar-refractivity contribution is -0.174. The van der Waals surface area contributed by atoms with Crippen molar-refractivity contribution >= 4 is 22.1 Å². The minimum Gasteiger partial charge on any atom is -0.481 e. The van der Waals surface area contributed by atoms with E-state index in [1.807, 2.05) is 27.7 Å². The molecule has 0 rings (SSSR count). The lowest BCUT2D eigenvalue weighted by atomic mass is 9.76. The van der Waals surface area contributed by atoms with Crippen LogP contribution in [0.1, 0.15) is 73.1 Å². The molecule has 0 aromatic carbocycles. The van der Waals surface area contributed by atoms with Crippen LogP contribution in [0.2, 0.25) is 0 Å². The summed E-state index contributed by atoms with van der Waals surface area (Å²) in [6.45, 7) is 9.61. The van der Waals surface area contributed by atoms with Crippen LogP contribution in [0.5, 0.6) is 0 Å². The lowest BCUT2D eigenvalue weighted by Crippen LogP contribution is -2.48. The fourth-order valence-corrected chi connectivity index (χ4v) is 3.73. The van der Waals surface area contributed by atoms with E-state index in [1.165, 1.54) is 0 Å². The molecule has 0 heterocycles. The van der Waals surface area contributed by atoms with Gasteiger partial charge < -0.3 is 9.84 Å². The number of aliphatic carboxylic acids is 1. The van der Waals surface area contributed by atoms with Crippen molar-refractivity contribution in [3.05, 3.63) is 0 Å². The summed E-state index contributed by atoms with van der Waals surface area (Å²) in [4.78, 5) is 23.3. The molecule has 0 aromatic heterocycles. The van der Waals surface area contributed by atoms with Gasteiger partial charge in [-0.3, -0.25) is 14.1 Å². The summed E-state index contributed by atoms with van der Waals surface area (Å²) < 4.78 is 37.7. The molecule has 0 aromatic rings. The molecule has 1 unspecified atom stereocenters. The highest BCUT2D eigenvalue weighted by molar-refractivity contribution is 7.87. The molecule has 148 valence electrons. The average molecular weight is 381 g/mol. The topological polar surface area (TPSA) is 118 Å². The van der Waals surface area contributed by atoms with Gasteiger partial charge in [0, 0.05) is 0 Å². The zero-order chi connectivity index (χ0) is 19.8. The first-order valence-corrected chi connectivity index (χ1v) is 10.3. The lowest BCUT2D eigenvalue weighted by Gasteiger charge is -2.41. The van der Waals surface area contributed by atoms with Crippen molar-refractivity contribution in [3.8, 4) is 0 Å². The van der Waals surface area contributed by atoms with E-state index in [-0.39, 0.29) is 11.8 Å². The molecule has 0 aliphatic rings. The summed E-state index contributed by atoms with van der Waals surface area (Å²) in [5.41, 5.74) is -0.910. The maximum absolute atomic E-state index is 12.4. The highest BCUT2D eigenvalue weighted by Crippen LogP contribution is 2.36. The van der Waals surface area contributed by atoms with E-state index in [0.29, 0.717) is 6.42 Å². The van der Waals surface area contributed by atoms with Crippen LogP contribution < -0.4 is 0 Å². The summed E-state index contributed by atoms with van der Waals surface area (Å²) in [5, 5.41) is 6.72. The van der Waals surface area contributed by atoms with Gasteiger partial charge in [-0.1, -0.05) is 53.9 Å². The van der Waals surface area contributed by atoms with Gasteiger partial charge in [0.2, 0.25) is 0 Å². The van der Waals surface area contributed by atoms with Crippen LogP contribution in [-0.2, 0) is 24.4 Å². The van der Waals surface area contributed by atoms with E-state index in [0.717, 1.165) is 25.7 Å². The summed E-state index contributed by atoms with van der Waals surface area (Å²) in [6, 6.07) is 0. The van der Waals surface area contributed by atoms with Crippen LogP contribution in [0.15, 0.2) is 0 Å². The Hall–Kier alpha value is -1.15. The second-order valence-corrected chi connectivity index (χ2v) is 8.70. The highest BCUT2D eigenvalue weighted by Gasteiger charge is 2.44. The number of rotatable bonds is 12. The van der Waals surface area contributed by atoms with E-state index in [9.17, 15) is 22.6 Å². The molecule has 0 aliphatic heterocycles. The molecule has 0 bridgehead atoms. The van der Waals surface area contributed by atoms with E-state index >= 15 is 0 Å². The molecule has 7 nitrogen and oxygen atoms in total. The Kier molecular flexibility index (Phi) is 9.64. The molecular weight excluding hydrogens is 348 g/mol. The van der Waals surface area contributed by atoms with Crippen LogP contribution in [0.4, 0.5) is 0 Å². The third-order valence-electron chi connectivity index (χ3n) is 4.65. The third-order valence-corrected chi connectivity index (χ3v) is 5.73. The van der Waals surface area contributed by atoms with E-state index < -0.39 is 39.3 Å². The molecule has 25 heavy (non-hydrogen) atoms. The fraction of sp³-hybridized carbons (Fsp3) is 0.882. The van der Waals surface area contributed by atoms with Crippen LogP contribution >= 0.6 is 0 Å². The number of ether oxygens (including phenoxy) is 1. The van der Waals surface area contributed by atoms with Gasteiger partial charge in [-0.05, 0) is 24.7 Å². The zero-order valence-electron chi connectivity index (χ0n) is 15.8. The molecule has 0 saturated heterocycles. The summed E-state index contributed by atoms with van der Waals surface area (Å²) >= 11 is 0. The number of carbonyl (C=O) groups excluding carboxylic acids is 1. The Morgan fingerprint density at radius 2 is 1.56 bits per heavy atom. The van der Waals surface area contributed by atoms with Crippen LogP contribution in [0.3, 0.4) is 0 Å². The average Bonchev–Trinajstić information content (AvgIpc) is 2.45. The van der Waals surface area contributed by atoms with Gasteiger partial charge in [0.15, 0.2) is 5.25 Å². The van der Waals surface area contributed by atoms with Gasteiger partial charge in [-0.15, -0.1) is 0 Å². The summed E-state index contributed by atoms with van der Waals surface area (Å²) in [6.07, 6.45) is 3.41. The minimum atomic E-state index is -4.87. The predicted molar refractivity (Wildman–Crippen MR) is 94.8 cm³/mol. The third kappa shape index (κ3) is 7.32. The molecule has 2 N–H and O–H groups in total. The molecule has 8 heteroatoms. The summed E-state index contributed by atoms with van der Waals surface area (Å²) in [5.74, 6) is -2.89. The molecule has 0 spiro atoms. The monoisotopic (exact) mass is 380 g/mol. The van der Waals surface area contributed by atoms with Crippen molar-refractivity contribution in [2.75, 3.05) is 0 Å². The Bertz CT molecular complexity index is 529. The van der Waals surface area contributed by atoms with Gasteiger partial charge in [0.05, 0.1) is 6.42 Å². The quantitative estimate of drug-likeness (QED) is 0.303. The number of hydrogen-bond donors (Lipinski definition) is 2. The van der Waals surface area contributed by atoms with Crippen molar-refractivity contribution in [1.82, 2.24) is 0 Å². The van der Waals surface area contributed by atoms with Gasteiger partial charge in [-0.25, -0.2) is 0 Å². The largest absolute Gasteiger partial charge is 0.481 e. The Labute approximate surface area is 150 Å². The molecule has 0 radical (unpaired) electrons. The smallest absolute Gasteiger partial charge is 0.328 e. The normalized spacial score (nSPS) is 13.9. The first kappa shape index (κ1) is 23.9. The Balaban J connectivity index is 5.52. The molecular formula is C17H32O7S. The van der Waals surface area contributed by atoms with Crippen LogP contribution in [0, 0.1) is 11.8 Å². The molecule has 0 fully saturated rings. The van der Waals surface area contributed by atoms with Crippen molar-refractivity contribution in [2.45, 2.75) is 84.0 Å². The predicted octanol–water partition coefficient (Wildman–Crippen LogP) is 3.28. The maximum Gasteiger partial charge on any atom is 0.328 e. The highest BCUT2D eigenvalue weighted by atomic mass is 32.2. The zero-order valence-corrected chi connectivity index (χ0v) is 16.6. The number of carboxylic acid groups (broad SMARTS) is 1. The fourth-order valence-electron chi connectivity index (χ4n) is 3.08. The van der Waals surface area contributed by atoms with Gasteiger partial charge >= 0.3 is 11.9 Å². The molecule has 0 aliphatic carbocycles. The van der Waals surface area contributed by atoms with E-state index in [1.54, 1.807) is 0 Å². The maximum atomic E-state index is 12.4. The standard InChI is InChI=1S/C17H32O7S/c1-6-7-8-9-10-17(12(2)3,13(4)5)24-16(20)14(11-15(18)19)25(21,22)23/h12-14H,6-11H2,1-5H3,(H,18,19)(H,21,22,23). The van der Waals surface area contributed by atoms with Crippen molar-refractivity contribution < 1.29 is 32.4 Å². The number of carbonyl (C=O) groups is 2. The van der Waals surface area contributed by atoms with E-state index in [4.69, 9.17) is 9.84 Å². The summed E-state index contributed by atoms with van der Waals surface area (Å²) in [7, 11) is -4.87. The molecule has 0 saturated carbocycles. The second kappa shape index (κ2) is 10.1. The molecule has 1 atom stereocenters. The van der Waals surface area contributed by atoms with Crippen LogP contribution in [-0.4, -0.2) is 40.9 Å². The second-order valence-electron chi connectivity index (χ2n) is 7.10. The minimum absolute atomic E-state index is 0.0926. The van der Waals surface area contributed by atoms with E-state index in [2.05, 4.69) is 6.92 Å². The van der Waals surface area contributed by atoms with Crippen molar-refractivity contribution in [3.63, 3.8) is 0 Å². The Morgan fingerprint density at radius 3 is 1.92 bits per heavy atom. The van der Waals surface area contributed by atoms with Crippen molar-refractivity contribution in [2.24, 2.45) is 11.8 Å². The van der Waals surface area contributed by atoms with Gasteiger partial charge in [-0.2, -0.15) is 8.42 Å². The SMILES string of the molecule is CCCCCCC(OC(=O)C(CC(=O)O)S(=O)(=O)O)(C(C)C)C(C)C. The number of hydrogen-bond acceptors (Lipinski definition) is 5. The molecule has 0 amide bonds. The number of unbranched alkanes of at least 4 members (excludes halogenated alkanes) is 3. The van der Waals surface area contributed by atoms with Crippen LogP contribution in [0.25, 0.3) is 0 Å². The van der Waals surface area contributed by atoms with Gasteiger partial charge in [0.25, 0.3) is 10.1 Å². The Morgan fingerprint density at radius 1 is 1.04 bits per heavy atom. The first-order chi connectivity index (χ1) is 11.4.